The van der Waals surface area contributed by atoms with Gasteiger partial charge in [0.05, 0.1) is 42.6 Å². The van der Waals surface area contributed by atoms with Crippen molar-refractivity contribution in [1.29, 1.82) is 0 Å². The van der Waals surface area contributed by atoms with Crippen LogP contribution in [-0.4, -0.2) is 49.9 Å². The Morgan fingerprint density at radius 2 is 1.26 bits per heavy atom. The Balaban J connectivity index is 3.59. The molecule has 0 rings (SSSR count). The fourth-order valence-corrected chi connectivity index (χ4v) is 3.21. The fraction of sp³-hybridized carbons (Fsp3) is 1.00. The van der Waals surface area contributed by atoms with E-state index in [9.17, 15) is 13.0 Å². The topological polar surface area (TPSA) is 57.2 Å². The first-order valence-corrected chi connectivity index (χ1v) is 10.9. The summed E-state index contributed by atoms with van der Waals surface area (Å²) in [5, 5.41) is -0.771. The standard InChI is InChI=1S/C18H39NO3S/c1-5-6-7-8-9-10-11-12-13-14-16-19(3,4)17-15-18(2)23(20,21)22/h18H,5-17H2,1-4H3. The van der Waals surface area contributed by atoms with Gasteiger partial charge < -0.3 is 9.04 Å². The third-order valence-corrected chi connectivity index (χ3v) is 5.97. The molecule has 0 radical (unpaired) electrons. The molecule has 0 fully saturated rings. The zero-order chi connectivity index (χ0) is 17.8. The number of quaternary nitrogens is 1. The molecule has 1 atom stereocenters. The van der Waals surface area contributed by atoms with Crippen molar-refractivity contribution in [2.45, 2.75) is 89.7 Å². The van der Waals surface area contributed by atoms with Crippen molar-refractivity contribution < 1.29 is 17.5 Å². The fourth-order valence-electron chi connectivity index (χ4n) is 2.81. The maximum Gasteiger partial charge on any atom is 0.0974 e. The minimum atomic E-state index is -4.13. The molecule has 0 aromatic rings. The minimum absolute atomic E-state index is 0.455. The quantitative estimate of drug-likeness (QED) is 0.251. The third kappa shape index (κ3) is 14.0. The molecule has 140 valence electrons. The van der Waals surface area contributed by atoms with Gasteiger partial charge in [0.2, 0.25) is 0 Å². The Hall–Kier alpha value is -0.130. The van der Waals surface area contributed by atoms with Crippen LogP contribution in [0.2, 0.25) is 0 Å². The van der Waals surface area contributed by atoms with E-state index in [1.54, 1.807) is 0 Å². The molecular formula is C18H39NO3S. The van der Waals surface area contributed by atoms with Gasteiger partial charge in [0, 0.05) is 6.42 Å². The van der Waals surface area contributed by atoms with Gasteiger partial charge >= 0.3 is 0 Å². The van der Waals surface area contributed by atoms with Gasteiger partial charge in [-0.3, -0.25) is 0 Å². The van der Waals surface area contributed by atoms with E-state index >= 15 is 0 Å². The Bertz CT molecular complexity index is 380. The van der Waals surface area contributed by atoms with Crippen LogP contribution < -0.4 is 0 Å². The molecule has 0 aromatic heterocycles. The van der Waals surface area contributed by atoms with Crippen LogP contribution in [0.3, 0.4) is 0 Å². The summed E-state index contributed by atoms with van der Waals surface area (Å²) in [5.74, 6) is 0. The van der Waals surface area contributed by atoms with Gasteiger partial charge in [-0.2, -0.15) is 0 Å². The van der Waals surface area contributed by atoms with E-state index in [1.165, 1.54) is 71.1 Å². The molecule has 1 unspecified atom stereocenters. The lowest BCUT2D eigenvalue weighted by atomic mass is 10.1. The van der Waals surface area contributed by atoms with Crippen molar-refractivity contribution >= 4 is 10.1 Å². The lowest BCUT2D eigenvalue weighted by Crippen LogP contribution is -2.42. The lowest BCUT2D eigenvalue weighted by Gasteiger charge is -2.31. The average Bonchev–Trinajstić information content (AvgIpc) is 2.45. The van der Waals surface area contributed by atoms with Gasteiger partial charge in [-0.15, -0.1) is 0 Å². The molecule has 0 heterocycles. The van der Waals surface area contributed by atoms with Crippen molar-refractivity contribution in [3.05, 3.63) is 0 Å². The molecule has 0 aliphatic rings. The molecule has 0 N–H and O–H groups in total. The van der Waals surface area contributed by atoms with E-state index in [4.69, 9.17) is 0 Å². The minimum Gasteiger partial charge on any atom is -0.748 e. The largest absolute Gasteiger partial charge is 0.748 e. The average molecular weight is 350 g/mol. The van der Waals surface area contributed by atoms with Crippen LogP contribution in [0.15, 0.2) is 0 Å². The van der Waals surface area contributed by atoms with Crippen LogP contribution in [0, 0.1) is 0 Å². The molecule has 0 spiro atoms. The van der Waals surface area contributed by atoms with Gasteiger partial charge in [-0.1, -0.05) is 58.3 Å². The second kappa shape index (κ2) is 12.3. The third-order valence-electron chi connectivity index (χ3n) is 4.75. The second-order valence-corrected chi connectivity index (χ2v) is 9.45. The molecule has 4 nitrogen and oxygen atoms in total. The number of rotatable bonds is 15. The maximum atomic E-state index is 10.9. The zero-order valence-electron chi connectivity index (χ0n) is 15.8. The molecule has 0 bridgehead atoms. The molecular weight excluding hydrogens is 310 g/mol. The summed E-state index contributed by atoms with van der Waals surface area (Å²) in [6.45, 7) is 5.57. The van der Waals surface area contributed by atoms with Gasteiger partial charge in [-0.25, -0.2) is 8.42 Å². The van der Waals surface area contributed by atoms with Crippen LogP contribution in [0.1, 0.15) is 84.5 Å². The van der Waals surface area contributed by atoms with Crippen molar-refractivity contribution in [3.8, 4) is 0 Å². The van der Waals surface area contributed by atoms with E-state index in [0.717, 1.165) is 17.6 Å². The van der Waals surface area contributed by atoms with E-state index in [2.05, 4.69) is 21.0 Å². The molecule has 0 aliphatic carbocycles. The summed E-state index contributed by atoms with van der Waals surface area (Å²) in [6, 6.07) is 0. The first-order valence-electron chi connectivity index (χ1n) is 9.46. The SMILES string of the molecule is CCCCCCCCCCCC[N+](C)(C)CCC(C)S(=O)(=O)[O-]. The molecule has 0 aliphatic heterocycles. The Labute approximate surface area is 145 Å². The van der Waals surface area contributed by atoms with E-state index in [0.29, 0.717) is 6.42 Å². The van der Waals surface area contributed by atoms with Crippen molar-refractivity contribution in [2.24, 2.45) is 0 Å². The Morgan fingerprint density at radius 3 is 1.70 bits per heavy atom. The monoisotopic (exact) mass is 349 g/mol. The van der Waals surface area contributed by atoms with Crippen molar-refractivity contribution in [1.82, 2.24) is 0 Å². The summed E-state index contributed by atoms with van der Waals surface area (Å²) in [7, 11) is 0.116. The first-order chi connectivity index (χ1) is 10.7. The predicted octanol–water partition coefficient (Wildman–Crippen LogP) is 4.31. The highest BCUT2D eigenvalue weighted by molar-refractivity contribution is 7.86. The number of unbranched alkanes of at least 4 members (excludes halogenated alkanes) is 9. The number of nitrogens with zero attached hydrogens (tertiary/aromatic N) is 1. The van der Waals surface area contributed by atoms with Gasteiger partial charge in [-0.05, 0) is 19.8 Å². The predicted molar refractivity (Wildman–Crippen MR) is 97.5 cm³/mol. The molecule has 0 saturated heterocycles. The highest BCUT2D eigenvalue weighted by Gasteiger charge is 2.18. The number of hydrogen-bond donors (Lipinski definition) is 0. The first kappa shape index (κ1) is 22.9. The molecule has 23 heavy (non-hydrogen) atoms. The lowest BCUT2D eigenvalue weighted by molar-refractivity contribution is -0.890. The second-order valence-electron chi connectivity index (χ2n) is 7.66. The highest BCUT2D eigenvalue weighted by Crippen LogP contribution is 2.13. The van der Waals surface area contributed by atoms with Crippen LogP contribution >= 0.6 is 0 Å². The highest BCUT2D eigenvalue weighted by atomic mass is 32.2. The van der Waals surface area contributed by atoms with Crippen LogP contribution in [0.4, 0.5) is 0 Å². The zero-order valence-corrected chi connectivity index (χ0v) is 16.7. The Kier molecular flexibility index (Phi) is 12.2. The molecule has 0 amide bonds. The van der Waals surface area contributed by atoms with Crippen LogP contribution in [0.5, 0.6) is 0 Å². The van der Waals surface area contributed by atoms with Crippen LogP contribution in [-0.2, 0) is 10.1 Å². The van der Waals surface area contributed by atoms with E-state index in [1.807, 2.05) is 0 Å². The molecule has 5 heteroatoms. The van der Waals surface area contributed by atoms with Crippen molar-refractivity contribution in [3.63, 3.8) is 0 Å². The Morgan fingerprint density at radius 1 is 0.826 bits per heavy atom. The van der Waals surface area contributed by atoms with Crippen LogP contribution in [0.25, 0.3) is 0 Å². The number of hydrogen-bond acceptors (Lipinski definition) is 3. The normalized spacial score (nSPS) is 14.1. The summed E-state index contributed by atoms with van der Waals surface area (Å²) in [4.78, 5) is 0. The summed E-state index contributed by atoms with van der Waals surface area (Å²) >= 11 is 0. The summed E-state index contributed by atoms with van der Waals surface area (Å²) in [5.41, 5.74) is 0. The van der Waals surface area contributed by atoms with Gasteiger partial charge in [0.1, 0.15) is 0 Å². The summed E-state index contributed by atoms with van der Waals surface area (Å²) < 4.78 is 33.6. The van der Waals surface area contributed by atoms with E-state index < -0.39 is 15.4 Å². The molecule has 0 aromatic carbocycles. The summed E-state index contributed by atoms with van der Waals surface area (Å²) in [6.07, 6.45) is 13.7. The van der Waals surface area contributed by atoms with Gasteiger partial charge in [0.25, 0.3) is 0 Å². The van der Waals surface area contributed by atoms with E-state index in [-0.39, 0.29) is 0 Å². The molecule has 0 saturated carbocycles. The maximum absolute atomic E-state index is 10.9. The van der Waals surface area contributed by atoms with Gasteiger partial charge in [0.15, 0.2) is 0 Å². The smallest absolute Gasteiger partial charge is 0.0974 e. The van der Waals surface area contributed by atoms with Crippen molar-refractivity contribution in [2.75, 3.05) is 27.2 Å².